The van der Waals surface area contributed by atoms with Crippen molar-refractivity contribution in [3.63, 3.8) is 0 Å². The van der Waals surface area contributed by atoms with Gasteiger partial charge >= 0.3 is 0 Å². The maximum Gasteiger partial charge on any atom is 0.182 e. The van der Waals surface area contributed by atoms with Crippen LogP contribution in [0.25, 0.3) is 11.4 Å². The number of benzene rings is 1. The van der Waals surface area contributed by atoms with E-state index in [1.165, 1.54) is 6.42 Å². The first kappa shape index (κ1) is 12.1. The normalized spacial score (nSPS) is 20.5. The molecule has 0 radical (unpaired) electrons. The number of hydrogen-bond acceptors (Lipinski definition) is 4. The van der Waals surface area contributed by atoms with Crippen molar-refractivity contribution in [1.82, 2.24) is 20.2 Å². The van der Waals surface area contributed by atoms with Crippen molar-refractivity contribution in [3.8, 4) is 11.4 Å². The molecule has 1 atom stereocenters. The van der Waals surface area contributed by atoms with Crippen LogP contribution in [-0.2, 0) is 6.54 Å². The lowest BCUT2D eigenvalue weighted by Gasteiger charge is -2.09. The summed E-state index contributed by atoms with van der Waals surface area (Å²) in [5, 5.41) is 12.1. The summed E-state index contributed by atoms with van der Waals surface area (Å²) in [7, 11) is 0. The van der Waals surface area contributed by atoms with E-state index in [0.717, 1.165) is 29.2 Å². The Labute approximate surface area is 112 Å². The van der Waals surface area contributed by atoms with Gasteiger partial charge in [-0.05, 0) is 46.7 Å². The highest BCUT2D eigenvalue weighted by Gasteiger charge is 2.46. The molecule has 1 heterocycles. The molecule has 19 heavy (non-hydrogen) atoms. The third kappa shape index (κ3) is 2.09. The first-order valence-corrected chi connectivity index (χ1v) is 6.60. The Morgan fingerprint density at radius 1 is 1.42 bits per heavy atom. The zero-order valence-corrected chi connectivity index (χ0v) is 11.6. The number of hydrogen-bond donors (Lipinski definition) is 1. The molecule has 0 spiro atoms. The van der Waals surface area contributed by atoms with E-state index >= 15 is 0 Å². The molecule has 3 rings (SSSR count). The fourth-order valence-corrected chi connectivity index (χ4v) is 2.51. The van der Waals surface area contributed by atoms with Crippen LogP contribution >= 0.6 is 0 Å². The van der Waals surface area contributed by atoms with Crippen molar-refractivity contribution in [3.05, 3.63) is 23.8 Å². The Kier molecular flexibility index (Phi) is 2.59. The molecular weight excluding hydrogens is 238 g/mol. The summed E-state index contributed by atoms with van der Waals surface area (Å²) in [4.78, 5) is 0. The molecule has 0 aliphatic heterocycles. The summed E-state index contributed by atoms with van der Waals surface area (Å²) in [6.07, 6.45) is 1.24. The minimum Gasteiger partial charge on any atom is -0.398 e. The third-order valence-electron chi connectivity index (χ3n) is 4.26. The molecule has 1 aromatic heterocycles. The average molecular weight is 257 g/mol. The SMILES string of the molecule is Cc1c(N)cccc1-c1nnnn1CC1CC1(C)C. The smallest absolute Gasteiger partial charge is 0.182 e. The zero-order chi connectivity index (χ0) is 13.6. The van der Waals surface area contributed by atoms with Gasteiger partial charge in [0.15, 0.2) is 5.82 Å². The van der Waals surface area contributed by atoms with Gasteiger partial charge < -0.3 is 5.73 Å². The molecule has 1 aromatic carbocycles. The maximum absolute atomic E-state index is 5.96. The lowest BCUT2D eigenvalue weighted by atomic mass is 10.1. The standard InChI is InChI=1S/C14H19N5/c1-9-11(5-4-6-12(9)15)13-16-17-18-19(13)8-10-7-14(10,2)3/h4-6,10H,7-8,15H2,1-3H3. The summed E-state index contributed by atoms with van der Waals surface area (Å²) < 4.78 is 1.90. The van der Waals surface area contributed by atoms with Crippen LogP contribution in [0.2, 0.25) is 0 Å². The van der Waals surface area contributed by atoms with E-state index in [9.17, 15) is 0 Å². The molecule has 1 aliphatic carbocycles. The average Bonchev–Trinajstić information content (AvgIpc) is 2.74. The van der Waals surface area contributed by atoms with Crippen molar-refractivity contribution < 1.29 is 0 Å². The lowest BCUT2D eigenvalue weighted by Crippen LogP contribution is -2.08. The van der Waals surface area contributed by atoms with Crippen LogP contribution in [0.5, 0.6) is 0 Å². The lowest BCUT2D eigenvalue weighted by molar-refractivity contribution is 0.467. The Hall–Kier alpha value is -1.91. The Morgan fingerprint density at radius 3 is 2.84 bits per heavy atom. The second kappa shape index (κ2) is 4.05. The van der Waals surface area contributed by atoms with E-state index in [1.54, 1.807) is 0 Å². The quantitative estimate of drug-likeness (QED) is 0.856. The minimum absolute atomic E-state index is 0.425. The zero-order valence-electron chi connectivity index (χ0n) is 11.6. The molecule has 5 nitrogen and oxygen atoms in total. The first-order valence-electron chi connectivity index (χ1n) is 6.60. The number of anilines is 1. The summed E-state index contributed by atoms with van der Waals surface area (Å²) in [5.41, 5.74) is 9.21. The van der Waals surface area contributed by atoms with Crippen LogP contribution in [0.3, 0.4) is 0 Å². The van der Waals surface area contributed by atoms with Crippen LogP contribution in [0, 0.1) is 18.3 Å². The fraction of sp³-hybridized carbons (Fsp3) is 0.500. The van der Waals surface area contributed by atoms with Gasteiger partial charge in [-0.1, -0.05) is 26.0 Å². The van der Waals surface area contributed by atoms with Crippen LogP contribution < -0.4 is 5.73 Å². The number of rotatable bonds is 3. The van der Waals surface area contributed by atoms with Gasteiger partial charge in [-0.25, -0.2) is 4.68 Å². The molecule has 100 valence electrons. The summed E-state index contributed by atoms with van der Waals surface area (Å²) >= 11 is 0. The van der Waals surface area contributed by atoms with Crippen LogP contribution in [0.4, 0.5) is 5.69 Å². The van der Waals surface area contributed by atoms with E-state index in [0.29, 0.717) is 11.3 Å². The molecule has 0 amide bonds. The molecule has 1 aliphatic rings. The number of tetrazole rings is 1. The summed E-state index contributed by atoms with van der Waals surface area (Å²) in [6.45, 7) is 7.45. The predicted octanol–water partition coefficient (Wildman–Crippen LogP) is 2.28. The summed E-state index contributed by atoms with van der Waals surface area (Å²) in [5.74, 6) is 1.48. The number of aromatic nitrogens is 4. The Balaban J connectivity index is 1.94. The number of nitrogen functional groups attached to an aromatic ring is 1. The number of nitrogens with zero attached hydrogens (tertiary/aromatic N) is 4. The highest BCUT2D eigenvalue weighted by Crippen LogP contribution is 2.52. The predicted molar refractivity (Wildman–Crippen MR) is 74.3 cm³/mol. The molecule has 2 N–H and O–H groups in total. The van der Waals surface area contributed by atoms with Crippen LogP contribution in [0.15, 0.2) is 18.2 Å². The van der Waals surface area contributed by atoms with Gasteiger partial charge in [0.1, 0.15) is 0 Å². The van der Waals surface area contributed by atoms with Gasteiger partial charge in [0, 0.05) is 17.8 Å². The van der Waals surface area contributed by atoms with Gasteiger partial charge in [0.25, 0.3) is 0 Å². The van der Waals surface area contributed by atoms with Gasteiger partial charge in [0.2, 0.25) is 0 Å². The molecule has 1 fully saturated rings. The summed E-state index contributed by atoms with van der Waals surface area (Å²) in [6, 6.07) is 5.86. The largest absolute Gasteiger partial charge is 0.398 e. The van der Waals surface area contributed by atoms with Crippen molar-refractivity contribution in [2.24, 2.45) is 11.3 Å². The van der Waals surface area contributed by atoms with Crippen LogP contribution in [-0.4, -0.2) is 20.2 Å². The topological polar surface area (TPSA) is 69.6 Å². The maximum atomic E-state index is 5.96. The van der Waals surface area contributed by atoms with Gasteiger partial charge in [0.05, 0.1) is 0 Å². The van der Waals surface area contributed by atoms with E-state index in [2.05, 4.69) is 29.4 Å². The van der Waals surface area contributed by atoms with E-state index in [4.69, 9.17) is 5.73 Å². The molecular formula is C14H19N5. The van der Waals surface area contributed by atoms with Crippen molar-refractivity contribution in [2.75, 3.05) is 5.73 Å². The molecule has 2 aromatic rings. The van der Waals surface area contributed by atoms with E-state index in [1.807, 2.05) is 29.8 Å². The van der Waals surface area contributed by atoms with E-state index < -0.39 is 0 Å². The minimum atomic E-state index is 0.425. The fourth-order valence-electron chi connectivity index (χ4n) is 2.51. The van der Waals surface area contributed by atoms with Gasteiger partial charge in [-0.2, -0.15) is 0 Å². The van der Waals surface area contributed by atoms with Crippen molar-refractivity contribution in [1.29, 1.82) is 0 Å². The Bertz CT molecular complexity index is 614. The first-order chi connectivity index (χ1) is 8.99. The highest BCUT2D eigenvalue weighted by molar-refractivity contribution is 5.67. The molecule has 1 saturated carbocycles. The molecule has 0 bridgehead atoms. The van der Waals surface area contributed by atoms with Gasteiger partial charge in [-0.15, -0.1) is 5.10 Å². The Morgan fingerprint density at radius 2 is 2.16 bits per heavy atom. The van der Waals surface area contributed by atoms with Gasteiger partial charge in [-0.3, -0.25) is 0 Å². The van der Waals surface area contributed by atoms with Crippen molar-refractivity contribution >= 4 is 5.69 Å². The van der Waals surface area contributed by atoms with Crippen LogP contribution in [0.1, 0.15) is 25.8 Å². The van der Waals surface area contributed by atoms with Crippen molar-refractivity contribution in [2.45, 2.75) is 33.7 Å². The van der Waals surface area contributed by atoms with E-state index in [-0.39, 0.29) is 0 Å². The second-order valence-corrected chi connectivity index (χ2v) is 6.09. The highest BCUT2D eigenvalue weighted by atomic mass is 15.5. The second-order valence-electron chi connectivity index (χ2n) is 6.09. The number of nitrogens with two attached hydrogens (primary N) is 1. The molecule has 0 saturated heterocycles. The monoisotopic (exact) mass is 257 g/mol. The molecule has 5 heteroatoms. The third-order valence-corrected chi connectivity index (χ3v) is 4.26. The molecule has 1 unspecified atom stereocenters.